The third kappa shape index (κ3) is 4.19. The van der Waals surface area contributed by atoms with E-state index < -0.39 is 6.10 Å². The number of thioether (sulfide) groups is 1. The molecule has 14 heavy (non-hydrogen) atoms. The van der Waals surface area contributed by atoms with E-state index >= 15 is 0 Å². The third-order valence-corrected chi connectivity index (χ3v) is 3.30. The summed E-state index contributed by atoms with van der Waals surface area (Å²) in [6.07, 6.45) is 5.10. The lowest BCUT2D eigenvalue weighted by molar-refractivity contribution is 0.205. The summed E-state index contributed by atoms with van der Waals surface area (Å²) in [6, 6.07) is 7.99. The molecular weight excluding hydrogens is 260 g/mol. The van der Waals surface area contributed by atoms with Crippen molar-refractivity contribution in [1.82, 2.24) is 0 Å². The summed E-state index contributed by atoms with van der Waals surface area (Å²) in [6.45, 7) is 0. The van der Waals surface area contributed by atoms with Gasteiger partial charge in [-0.05, 0) is 24.3 Å². The maximum absolute atomic E-state index is 9.39. The summed E-state index contributed by atoms with van der Waals surface area (Å²) in [5.41, 5.74) is 0. The van der Waals surface area contributed by atoms with Crippen LogP contribution >= 0.6 is 27.7 Å². The molecule has 0 heterocycles. The molecule has 0 spiro atoms. The van der Waals surface area contributed by atoms with Gasteiger partial charge in [-0.1, -0.05) is 15.9 Å². The highest BCUT2D eigenvalue weighted by Gasteiger charge is 2.02. The summed E-state index contributed by atoms with van der Waals surface area (Å²) in [4.78, 5) is 1.14. The van der Waals surface area contributed by atoms with Gasteiger partial charge in [0, 0.05) is 21.5 Å². The van der Waals surface area contributed by atoms with Crippen LogP contribution < -0.4 is 0 Å². The smallest absolute Gasteiger partial charge is 0.0743 e. The molecule has 1 unspecified atom stereocenters. The topological polar surface area (TPSA) is 20.2 Å². The maximum Gasteiger partial charge on any atom is 0.0743 e. The van der Waals surface area contributed by atoms with Gasteiger partial charge in [0.25, 0.3) is 0 Å². The number of halogens is 1. The number of rotatable bonds is 4. The van der Waals surface area contributed by atoms with Crippen LogP contribution in [0, 0.1) is 12.3 Å². The Morgan fingerprint density at radius 3 is 2.64 bits per heavy atom. The number of aliphatic hydroxyl groups excluding tert-OH is 1. The molecule has 0 aliphatic carbocycles. The first-order valence-electron chi connectivity index (χ1n) is 4.22. The summed E-state index contributed by atoms with van der Waals surface area (Å²) in [5.74, 6) is 3.09. The molecule has 1 nitrogen and oxygen atoms in total. The average Bonchev–Trinajstić information content (AvgIpc) is 2.17. The fourth-order valence-corrected chi connectivity index (χ4v) is 2.01. The van der Waals surface area contributed by atoms with E-state index in [1.54, 1.807) is 11.8 Å². The number of terminal acetylenes is 1. The van der Waals surface area contributed by atoms with Crippen LogP contribution in [0.4, 0.5) is 0 Å². The van der Waals surface area contributed by atoms with E-state index in [4.69, 9.17) is 6.42 Å². The Bertz CT molecular complexity index is 315. The van der Waals surface area contributed by atoms with E-state index in [1.807, 2.05) is 24.3 Å². The first-order valence-corrected chi connectivity index (χ1v) is 6.00. The van der Waals surface area contributed by atoms with Crippen LogP contribution in [0.15, 0.2) is 33.6 Å². The quantitative estimate of drug-likeness (QED) is 0.671. The molecule has 0 bridgehead atoms. The van der Waals surface area contributed by atoms with Gasteiger partial charge >= 0.3 is 0 Å². The highest BCUT2D eigenvalue weighted by molar-refractivity contribution is 9.10. The number of aliphatic hydroxyl groups is 1. The Balaban J connectivity index is 2.39. The second-order valence-electron chi connectivity index (χ2n) is 2.83. The Kier molecular flexibility index (Phi) is 5.10. The number of hydrogen-bond donors (Lipinski definition) is 1. The molecule has 74 valence electrons. The molecule has 3 heteroatoms. The first kappa shape index (κ1) is 11.6. The minimum absolute atomic E-state index is 0.409. The van der Waals surface area contributed by atoms with Crippen LogP contribution in [0.3, 0.4) is 0 Å². The van der Waals surface area contributed by atoms with Gasteiger partial charge in [-0.2, -0.15) is 0 Å². The van der Waals surface area contributed by atoms with E-state index in [9.17, 15) is 5.11 Å². The normalized spacial score (nSPS) is 12.1. The predicted octanol–water partition coefficient (Wildman–Crippen LogP) is 2.93. The molecule has 0 fully saturated rings. The highest BCUT2D eigenvalue weighted by Crippen LogP contribution is 2.21. The zero-order valence-corrected chi connectivity index (χ0v) is 10.0. The number of hydrogen-bond acceptors (Lipinski definition) is 2. The molecule has 1 rings (SSSR count). The van der Waals surface area contributed by atoms with Crippen molar-refractivity contribution in [2.75, 3.05) is 5.75 Å². The molecule has 0 saturated heterocycles. The Morgan fingerprint density at radius 1 is 1.43 bits per heavy atom. The average molecular weight is 271 g/mol. The zero-order chi connectivity index (χ0) is 10.4. The van der Waals surface area contributed by atoms with Crippen LogP contribution in [0.25, 0.3) is 0 Å². The van der Waals surface area contributed by atoms with Gasteiger partial charge in [0.05, 0.1) is 6.10 Å². The van der Waals surface area contributed by atoms with Crippen LogP contribution in [0.2, 0.25) is 0 Å². The molecule has 1 N–H and O–H groups in total. The monoisotopic (exact) mass is 270 g/mol. The Morgan fingerprint density at radius 2 is 2.07 bits per heavy atom. The second kappa shape index (κ2) is 6.13. The lowest BCUT2D eigenvalue weighted by Gasteiger charge is -2.06. The molecular formula is C11H11BrOS. The van der Waals surface area contributed by atoms with Gasteiger partial charge in [-0.25, -0.2) is 0 Å². The van der Waals surface area contributed by atoms with E-state index in [-0.39, 0.29) is 0 Å². The van der Waals surface area contributed by atoms with Crippen molar-refractivity contribution >= 4 is 27.7 Å². The summed E-state index contributed by atoms with van der Waals surface area (Å²) < 4.78 is 1.06. The molecule has 1 atom stereocenters. The highest BCUT2D eigenvalue weighted by atomic mass is 79.9. The standard InChI is InChI=1S/C11H11BrOS/c1-2-3-10(13)8-14-11-6-4-9(12)5-7-11/h1,4-7,10,13H,3,8H2. The second-order valence-corrected chi connectivity index (χ2v) is 4.84. The fourth-order valence-electron chi connectivity index (χ4n) is 0.918. The molecule has 0 aromatic heterocycles. The molecule has 0 saturated carbocycles. The lowest BCUT2D eigenvalue weighted by atomic mass is 10.3. The summed E-state index contributed by atoms with van der Waals surface area (Å²) in [7, 11) is 0. The summed E-state index contributed by atoms with van der Waals surface area (Å²) >= 11 is 4.98. The van der Waals surface area contributed by atoms with Gasteiger partial charge in [0.15, 0.2) is 0 Å². The van der Waals surface area contributed by atoms with Crippen LogP contribution in [-0.2, 0) is 0 Å². The van der Waals surface area contributed by atoms with Crippen molar-refractivity contribution in [2.24, 2.45) is 0 Å². The SMILES string of the molecule is C#CCC(O)CSc1ccc(Br)cc1. The van der Waals surface area contributed by atoms with Gasteiger partial charge in [-0.15, -0.1) is 24.1 Å². The lowest BCUT2D eigenvalue weighted by Crippen LogP contribution is -2.07. The molecule has 1 aromatic carbocycles. The number of benzene rings is 1. The van der Waals surface area contributed by atoms with Crippen molar-refractivity contribution in [2.45, 2.75) is 17.4 Å². The van der Waals surface area contributed by atoms with E-state index in [0.29, 0.717) is 12.2 Å². The summed E-state index contributed by atoms with van der Waals surface area (Å²) in [5, 5.41) is 9.39. The zero-order valence-electron chi connectivity index (χ0n) is 7.61. The van der Waals surface area contributed by atoms with Gasteiger partial charge in [0.2, 0.25) is 0 Å². The minimum Gasteiger partial charge on any atom is -0.391 e. The molecule has 0 aliphatic rings. The van der Waals surface area contributed by atoms with Crippen LogP contribution in [0.1, 0.15) is 6.42 Å². The van der Waals surface area contributed by atoms with Gasteiger partial charge < -0.3 is 5.11 Å². The van der Waals surface area contributed by atoms with Crippen LogP contribution in [-0.4, -0.2) is 17.0 Å². The van der Waals surface area contributed by atoms with Crippen molar-refractivity contribution in [1.29, 1.82) is 0 Å². The first-order chi connectivity index (χ1) is 6.72. The molecule has 0 amide bonds. The van der Waals surface area contributed by atoms with Crippen molar-refractivity contribution in [3.63, 3.8) is 0 Å². The maximum atomic E-state index is 9.39. The Labute approximate surface area is 97.0 Å². The Hall–Kier alpha value is -0.430. The van der Waals surface area contributed by atoms with E-state index in [0.717, 1.165) is 9.37 Å². The van der Waals surface area contributed by atoms with Gasteiger partial charge in [-0.3, -0.25) is 0 Å². The van der Waals surface area contributed by atoms with Crippen molar-refractivity contribution < 1.29 is 5.11 Å². The predicted molar refractivity (Wildman–Crippen MR) is 64.3 cm³/mol. The van der Waals surface area contributed by atoms with E-state index in [2.05, 4.69) is 21.9 Å². The van der Waals surface area contributed by atoms with Gasteiger partial charge in [0.1, 0.15) is 0 Å². The molecule has 1 aromatic rings. The largest absolute Gasteiger partial charge is 0.391 e. The molecule has 0 aliphatic heterocycles. The molecule has 0 radical (unpaired) electrons. The van der Waals surface area contributed by atoms with Crippen molar-refractivity contribution in [3.05, 3.63) is 28.7 Å². The minimum atomic E-state index is -0.409. The van der Waals surface area contributed by atoms with E-state index in [1.165, 1.54) is 0 Å². The van der Waals surface area contributed by atoms with Crippen LogP contribution in [0.5, 0.6) is 0 Å². The van der Waals surface area contributed by atoms with Crippen molar-refractivity contribution in [3.8, 4) is 12.3 Å². The third-order valence-electron chi connectivity index (χ3n) is 1.61. The fraction of sp³-hybridized carbons (Fsp3) is 0.273.